The fourth-order valence-electron chi connectivity index (χ4n) is 2.85. The maximum absolute atomic E-state index is 12.2. The number of benzene rings is 3. The molecule has 4 rings (SSSR count). The standard InChI is InChI=1S/C25H17BrN2O4/c26-20-9-12-22-19(14-20)15-23(32-22)25(30)28-27-16-18-6-10-21(11-7-18)31-24(29)13-8-17-4-2-1-3-5-17/h1-16H,(H,28,30). The average Bonchev–Trinajstić information content (AvgIpc) is 3.23. The van der Waals surface area contributed by atoms with Gasteiger partial charge in [-0.1, -0.05) is 46.3 Å². The van der Waals surface area contributed by atoms with Crippen LogP contribution >= 0.6 is 15.9 Å². The highest BCUT2D eigenvalue weighted by molar-refractivity contribution is 9.10. The van der Waals surface area contributed by atoms with Crippen LogP contribution in [0.2, 0.25) is 0 Å². The van der Waals surface area contributed by atoms with Gasteiger partial charge in [0.2, 0.25) is 0 Å². The predicted octanol–water partition coefficient (Wildman–Crippen LogP) is 5.58. The summed E-state index contributed by atoms with van der Waals surface area (Å²) in [5.74, 6) is -0.354. The van der Waals surface area contributed by atoms with Crippen molar-refractivity contribution >= 4 is 51.1 Å². The first kappa shape index (κ1) is 21.3. The first-order chi connectivity index (χ1) is 15.6. The third kappa shape index (κ3) is 5.59. The van der Waals surface area contributed by atoms with Gasteiger partial charge in [0, 0.05) is 15.9 Å². The van der Waals surface area contributed by atoms with Crippen LogP contribution in [0.15, 0.2) is 98.9 Å². The lowest BCUT2D eigenvalue weighted by Crippen LogP contribution is -2.16. The van der Waals surface area contributed by atoms with Gasteiger partial charge in [-0.2, -0.15) is 5.10 Å². The Balaban J connectivity index is 1.31. The Morgan fingerprint density at radius 3 is 2.50 bits per heavy atom. The van der Waals surface area contributed by atoms with Gasteiger partial charge >= 0.3 is 11.9 Å². The molecule has 158 valence electrons. The number of nitrogens with one attached hydrogen (secondary N) is 1. The molecule has 1 aromatic heterocycles. The molecule has 0 saturated carbocycles. The molecule has 0 unspecified atom stereocenters. The van der Waals surface area contributed by atoms with Crippen LogP contribution in [0.4, 0.5) is 0 Å². The molecule has 32 heavy (non-hydrogen) atoms. The molecule has 3 aromatic carbocycles. The van der Waals surface area contributed by atoms with Gasteiger partial charge in [-0.25, -0.2) is 10.2 Å². The summed E-state index contributed by atoms with van der Waals surface area (Å²) >= 11 is 3.39. The van der Waals surface area contributed by atoms with Crippen molar-refractivity contribution in [2.45, 2.75) is 0 Å². The van der Waals surface area contributed by atoms with E-state index in [0.717, 1.165) is 21.0 Å². The summed E-state index contributed by atoms with van der Waals surface area (Å²) in [5, 5.41) is 4.76. The molecule has 0 aliphatic rings. The molecular formula is C25H17BrN2O4. The van der Waals surface area contributed by atoms with Crippen molar-refractivity contribution in [3.05, 3.63) is 106 Å². The van der Waals surface area contributed by atoms with Crippen LogP contribution in [0.1, 0.15) is 21.7 Å². The van der Waals surface area contributed by atoms with E-state index in [1.807, 2.05) is 42.5 Å². The highest BCUT2D eigenvalue weighted by Gasteiger charge is 2.11. The monoisotopic (exact) mass is 488 g/mol. The number of hydrogen-bond acceptors (Lipinski definition) is 5. The number of amides is 1. The lowest BCUT2D eigenvalue weighted by molar-refractivity contribution is -0.128. The summed E-state index contributed by atoms with van der Waals surface area (Å²) in [7, 11) is 0. The van der Waals surface area contributed by atoms with E-state index in [9.17, 15) is 9.59 Å². The molecule has 4 aromatic rings. The predicted molar refractivity (Wildman–Crippen MR) is 127 cm³/mol. The summed E-state index contributed by atoms with van der Waals surface area (Å²) in [6.45, 7) is 0. The van der Waals surface area contributed by atoms with Crippen LogP contribution in [0, 0.1) is 0 Å². The Morgan fingerprint density at radius 2 is 1.72 bits per heavy atom. The van der Waals surface area contributed by atoms with Crippen molar-refractivity contribution in [3.63, 3.8) is 0 Å². The van der Waals surface area contributed by atoms with Crippen LogP contribution in [0.3, 0.4) is 0 Å². The lowest BCUT2D eigenvalue weighted by atomic mass is 10.2. The molecule has 6 nitrogen and oxygen atoms in total. The molecule has 1 heterocycles. The smallest absolute Gasteiger partial charge is 0.336 e. The summed E-state index contributed by atoms with van der Waals surface area (Å²) in [4.78, 5) is 24.2. The number of nitrogens with zero attached hydrogens (tertiary/aromatic N) is 1. The highest BCUT2D eigenvalue weighted by atomic mass is 79.9. The third-order valence-corrected chi connectivity index (χ3v) is 4.89. The minimum absolute atomic E-state index is 0.168. The van der Waals surface area contributed by atoms with Crippen molar-refractivity contribution in [1.82, 2.24) is 5.43 Å². The molecule has 0 aliphatic heterocycles. The zero-order chi connectivity index (χ0) is 22.3. The minimum atomic E-state index is -0.472. The zero-order valence-electron chi connectivity index (χ0n) is 16.7. The average molecular weight is 489 g/mol. The number of furan rings is 1. The zero-order valence-corrected chi connectivity index (χ0v) is 18.3. The van der Waals surface area contributed by atoms with E-state index in [1.54, 1.807) is 42.5 Å². The van der Waals surface area contributed by atoms with Gasteiger partial charge in [0.25, 0.3) is 0 Å². The molecule has 1 N–H and O–H groups in total. The van der Waals surface area contributed by atoms with Gasteiger partial charge in [-0.15, -0.1) is 0 Å². The van der Waals surface area contributed by atoms with Crippen LogP contribution in [-0.4, -0.2) is 18.1 Å². The third-order valence-electron chi connectivity index (χ3n) is 4.39. The van der Waals surface area contributed by atoms with E-state index in [1.165, 1.54) is 12.3 Å². The number of halogens is 1. The molecule has 0 aliphatic carbocycles. The molecule has 0 radical (unpaired) electrons. The number of hydrazone groups is 1. The summed E-state index contributed by atoms with van der Waals surface area (Å²) in [6, 6.07) is 23.4. The summed E-state index contributed by atoms with van der Waals surface area (Å²) < 4.78 is 11.7. The van der Waals surface area contributed by atoms with Gasteiger partial charge in [0.1, 0.15) is 11.3 Å². The van der Waals surface area contributed by atoms with E-state index >= 15 is 0 Å². The largest absolute Gasteiger partial charge is 0.451 e. The number of fused-ring (bicyclic) bond motifs is 1. The van der Waals surface area contributed by atoms with E-state index in [4.69, 9.17) is 9.15 Å². The molecule has 7 heteroatoms. The summed E-state index contributed by atoms with van der Waals surface area (Å²) in [5.41, 5.74) is 4.68. The molecule has 0 fully saturated rings. The molecule has 0 saturated heterocycles. The maximum Gasteiger partial charge on any atom is 0.336 e. The molecule has 0 atom stereocenters. The van der Waals surface area contributed by atoms with Crippen molar-refractivity contribution < 1.29 is 18.7 Å². The van der Waals surface area contributed by atoms with Crippen molar-refractivity contribution in [2.24, 2.45) is 5.10 Å². The Labute approximate surface area is 192 Å². The molecular weight excluding hydrogens is 472 g/mol. The number of hydrogen-bond donors (Lipinski definition) is 1. The fourth-order valence-corrected chi connectivity index (χ4v) is 3.23. The number of rotatable bonds is 6. The molecule has 1 amide bonds. The number of esters is 1. The normalized spacial score (nSPS) is 11.3. The first-order valence-electron chi connectivity index (χ1n) is 9.64. The van der Waals surface area contributed by atoms with Gasteiger partial charge in [-0.3, -0.25) is 4.79 Å². The van der Waals surface area contributed by atoms with E-state index < -0.39 is 11.9 Å². The number of carbonyl (C=O) groups excluding carboxylic acids is 2. The van der Waals surface area contributed by atoms with Crippen molar-refractivity contribution in [2.75, 3.05) is 0 Å². The van der Waals surface area contributed by atoms with Gasteiger partial charge in [-0.05, 0) is 65.7 Å². The van der Waals surface area contributed by atoms with Gasteiger partial charge < -0.3 is 9.15 Å². The second-order valence-electron chi connectivity index (χ2n) is 6.73. The second kappa shape index (κ2) is 9.89. The summed E-state index contributed by atoms with van der Waals surface area (Å²) in [6.07, 6.45) is 4.54. The molecule has 0 bridgehead atoms. The Bertz CT molecular complexity index is 1310. The Hall–Kier alpha value is -3.97. The van der Waals surface area contributed by atoms with Crippen molar-refractivity contribution in [1.29, 1.82) is 0 Å². The quantitative estimate of drug-likeness (QED) is 0.126. The fraction of sp³-hybridized carbons (Fsp3) is 0. The number of ether oxygens (including phenoxy) is 1. The molecule has 0 spiro atoms. The van der Waals surface area contributed by atoms with E-state index in [2.05, 4.69) is 26.5 Å². The highest BCUT2D eigenvalue weighted by Crippen LogP contribution is 2.23. The van der Waals surface area contributed by atoms with Gasteiger partial charge in [0.05, 0.1) is 6.21 Å². The minimum Gasteiger partial charge on any atom is -0.451 e. The van der Waals surface area contributed by atoms with Crippen molar-refractivity contribution in [3.8, 4) is 5.75 Å². The van der Waals surface area contributed by atoms with Crippen LogP contribution < -0.4 is 10.2 Å². The first-order valence-corrected chi connectivity index (χ1v) is 10.4. The lowest BCUT2D eigenvalue weighted by Gasteiger charge is -2.01. The van der Waals surface area contributed by atoms with E-state index in [-0.39, 0.29) is 5.76 Å². The second-order valence-corrected chi connectivity index (χ2v) is 7.64. The van der Waals surface area contributed by atoms with Crippen LogP contribution in [0.5, 0.6) is 5.75 Å². The SMILES string of the molecule is O=C(C=Cc1ccccc1)Oc1ccc(C=NNC(=O)c2cc3cc(Br)ccc3o2)cc1. The topological polar surface area (TPSA) is 80.9 Å². The maximum atomic E-state index is 12.2. The number of carbonyl (C=O) groups is 2. The Morgan fingerprint density at radius 1 is 0.938 bits per heavy atom. The Kier molecular flexibility index (Phi) is 6.57. The van der Waals surface area contributed by atoms with Crippen LogP contribution in [-0.2, 0) is 4.79 Å². The van der Waals surface area contributed by atoms with E-state index in [0.29, 0.717) is 11.3 Å². The van der Waals surface area contributed by atoms with Gasteiger partial charge in [0.15, 0.2) is 5.76 Å². The van der Waals surface area contributed by atoms with Crippen LogP contribution in [0.25, 0.3) is 17.0 Å².